The number of allylic oxidation sites excluding steroid dienone is 20. The van der Waals surface area contributed by atoms with Gasteiger partial charge in [0.05, 0.1) is 26.4 Å². The van der Waals surface area contributed by atoms with Crippen LogP contribution in [0.3, 0.4) is 0 Å². The Morgan fingerprint density at radius 2 is 0.515 bits per heavy atom. The lowest BCUT2D eigenvalue weighted by Gasteiger charge is -2.21. The minimum atomic E-state index is -4.94. The maximum Gasteiger partial charge on any atom is 0.472 e. The summed E-state index contributed by atoms with van der Waals surface area (Å²) in [5.74, 6) is -1.61. The zero-order valence-corrected chi connectivity index (χ0v) is 62.5. The molecule has 4 N–H and O–H groups in total. The van der Waals surface area contributed by atoms with Gasteiger partial charge in [-0.3, -0.25) is 32.5 Å². The molecule has 0 aromatic heterocycles. The second-order valence-electron chi connectivity index (χ2n) is 25.1. The number of aliphatic hydroxyl groups excluding tert-OH is 2. The molecule has 0 aromatic rings. The Morgan fingerprint density at radius 3 is 0.814 bits per heavy atom. The number of hydrogen-bond acceptors (Lipinski definition) is 14. The van der Waals surface area contributed by atoms with Crippen molar-refractivity contribution in [3.05, 3.63) is 122 Å². The number of ether oxygens (including phenoxy) is 3. The van der Waals surface area contributed by atoms with Crippen LogP contribution >= 0.6 is 15.6 Å². The lowest BCUT2D eigenvalue weighted by atomic mass is 10.1. The van der Waals surface area contributed by atoms with Gasteiger partial charge in [0.15, 0.2) is 6.10 Å². The van der Waals surface area contributed by atoms with E-state index in [-0.39, 0.29) is 19.3 Å². The first-order valence-electron chi connectivity index (χ1n) is 37.8. The third kappa shape index (κ3) is 73.0. The van der Waals surface area contributed by atoms with E-state index in [1.807, 2.05) is 0 Å². The molecule has 5 unspecified atom stereocenters. The topological polar surface area (TPSA) is 231 Å². The average molecular weight is 1400 g/mol. The number of aliphatic hydroxyl groups is 2. The third-order valence-corrected chi connectivity index (χ3v) is 17.5. The maximum absolute atomic E-state index is 13.0. The fourth-order valence-corrected chi connectivity index (χ4v) is 11.4. The van der Waals surface area contributed by atoms with E-state index in [1.165, 1.54) is 64.2 Å². The van der Waals surface area contributed by atoms with Crippen LogP contribution in [0.4, 0.5) is 0 Å². The number of rotatable bonds is 71. The largest absolute Gasteiger partial charge is 0.472 e. The van der Waals surface area contributed by atoms with Gasteiger partial charge in [0.25, 0.3) is 0 Å². The van der Waals surface area contributed by atoms with Crippen LogP contribution in [-0.2, 0) is 55.8 Å². The van der Waals surface area contributed by atoms with Crippen molar-refractivity contribution in [2.45, 2.75) is 322 Å². The van der Waals surface area contributed by atoms with Crippen molar-refractivity contribution in [2.75, 3.05) is 39.6 Å². The minimum Gasteiger partial charge on any atom is -0.463 e. The summed E-state index contributed by atoms with van der Waals surface area (Å²) in [5.41, 5.74) is 0. The molecule has 0 spiro atoms. The van der Waals surface area contributed by atoms with Crippen LogP contribution in [0.5, 0.6) is 0 Å². The first kappa shape index (κ1) is 93.0. The summed E-state index contributed by atoms with van der Waals surface area (Å²) >= 11 is 0. The van der Waals surface area contributed by atoms with E-state index in [4.69, 9.17) is 32.3 Å². The smallest absolute Gasteiger partial charge is 0.463 e. The van der Waals surface area contributed by atoms with E-state index < -0.39 is 91.5 Å². The van der Waals surface area contributed by atoms with Crippen LogP contribution in [0.25, 0.3) is 0 Å². The van der Waals surface area contributed by atoms with Gasteiger partial charge in [0.1, 0.15) is 25.4 Å². The fraction of sp³-hybridized carbons (Fsp3) is 0.709. The summed E-state index contributed by atoms with van der Waals surface area (Å²) < 4.78 is 61.1. The van der Waals surface area contributed by atoms with Gasteiger partial charge in [-0.1, -0.05) is 264 Å². The first-order valence-corrected chi connectivity index (χ1v) is 40.8. The summed E-state index contributed by atoms with van der Waals surface area (Å²) in [5, 5.41) is 20.6. The van der Waals surface area contributed by atoms with Crippen molar-refractivity contribution in [1.82, 2.24) is 0 Å². The zero-order valence-electron chi connectivity index (χ0n) is 60.7. The zero-order chi connectivity index (χ0) is 70.9. The number of esters is 3. The van der Waals surface area contributed by atoms with Gasteiger partial charge >= 0.3 is 33.6 Å². The molecule has 0 rings (SSSR count). The van der Waals surface area contributed by atoms with Gasteiger partial charge in [-0.05, 0) is 141 Å². The fourth-order valence-electron chi connectivity index (χ4n) is 9.80. The van der Waals surface area contributed by atoms with Crippen molar-refractivity contribution >= 4 is 33.6 Å². The molecule has 5 atom stereocenters. The summed E-state index contributed by atoms with van der Waals surface area (Å²) in [6.07, 6.45) is 83.7. The van der Waals surface area contributed by atoms with Crippen molar-refractivity contribution in [2.24, 2.45) is 0 Å². The molecule has 558 valence electrons. The molecule has 18 heteroatoms. The maximum atomic E-state index is 13.0. The molecule has 0 heterocycles. The van der Waals surface area contributed by atoms with E-state index in [0.717, 1.165) is 180 Å². The molecule has 0 aromatic carbocycles. The molecule has 0 fully saturated rings. The van der Waals surface area contributed by atoms with Gasteiger partial charge < -0.3 is 34.2 Å². The standard InChI is InChI=1S/C79H136O16P2/c1-4-7-10-13-16-19-22-25-28-31-34-35-36-37-40-42-44-47-50-53-56-59-62-65-77(82)89-68-74(80)69-91-96(85,86)92-70-75(81)71-93-97(87,88)94-73-76(95-79(84)67-64-61-58-55-52-49-46-43-39-33-30-27-24-21-18-15-12-9-6-3)72-90-78(83)66-63-60-57-54-51-48-45-41-38-32-29-26-23-20-17-14-11-8-5-2/h16-21,25-30,34-35,37-41,43,74-76,80-81H,4-15,22-24,31-33,36,42,44-73H2,1-3H3,(H,85,86)(H,87,88)/b19-16-,20-17-,21-18-,28-25-,29-26-,30-27-,35-34-,40-37-,41-38-,43-39-. The Morgan fingerprint density at radius 1 is 0.289 bits per heavy atom. The van der Waals surface area contributed by atoms with Gasteiger partial charge in [0, 0.05) is 19.3 Å². The first-order chi connectivity index (χ1) is 47.2. The molecule has 0 aliphatic carbocycles. The average Bonchev–Trinajstić information content (AvgIpc) is 1.81. The van der Waals surface area contributed by atoms with Crippen molar-refractivity contribution in [1.29, 1.82) is 0 Å². The summed E-state index contributed by atoms with van der Waals surface area (Å²) in [7, 11) is -9.80. The van der Waals surface area contributed by atoms with Crippen LogP contribution in [0, 0.1) is 0 Å². The monoisotopic (exact) mass is 1400 g/mol. The summed E-state index contributed by atoms with van der Waals surface area (Å²) in [6.45, 7) is 2.56. The lowest BCUT2D eigenvalue weighted by Crippen LogP contribution is -2.30. The number of hydrogen-bond donors (Lipinski definition) is 4. The van der Waals surface area contributed by atoms with Crippen molar-refractivity contribution < 1.29 is 75.8 Å². The number of carbonyl (C=O) groups is 3. The molecule has 16 nitrogen and oxygen atoms in total. The predicted octanol–water partition coefficient (Wildman–Crippen LogP) is 21.8. The van der Waals surface area contributed by atoms with Gasteiger partial charge in [-0.15, -0.1) is 0 Å². The SMILES string of the molecule is CCCCC/C=C\C/C=C\C/C=C\C/C=C\CCCCCCCCCC(=O)OCC(O)COP(=O)(O)OCC(O)COP(=O)(O)OCC(COC(=O)CCCCCCCC/C=C\C/C=C\C/C=C\CCCCC)OC(=O)CCCCCCCC/C=C\C/C=C\C/C=C\CCCCC. The Balaban J connectivity index is 4.70. The summed E-state index contributed by atoms with van der Waals surface area (Å²) in [4.78, 5) is 58.6. The molecule has 0 saturated heterocycles. The van der Waals surface area contributed by atoms with Crippen LogP contribution in [0.15, 0.2) is 122 Å². The van der Waals surface area contributed by atoms with E-state index in [2.05, 4.69) is 142 Å². The Kier molecular flexibility index (Phi) is 68.8. The molecule has 97 heavy (non-hydrogen) atoms. The number of phosphoric acid groups is 2. The quantitative estimate of drug-likeness (QED) is 0.0146. The van der Waals surface area contributed by atoms with Gasteiger partial charge in [0.2, 0.25) is 0 Å². The highest BCUT2D eigenvalue weighted by Gasteiger charge is 2.29. The highest BCUT2D eigenvalue weighted by atomic mass is 31.2. The van der Waals surface area contributed by atoms with Crippen LogP contribution in [0.1, 0.15) is 303 Å². The molecule has 0 saturated carbocycles. The van der Waals surface area contributed by atoms with Gasteiger partial charge in [-0.2, -0.15) is 0 Å². The van der Waals surface area contributed by atoms with Crippen LogP contribution in [-0.4, -0.2) is 95.9 Å². The molecule has 0 aliphatic heterocycles. The molecule has 0 amide bonds. The summed E-state index contributed by atoms with van der Waals surface area (Å²) in [6, 6.07) is 0. The number of unbranched alkanes of at least 4 members (excludes halogenated alkanes) is 28. The van der Waals surface area contributed by atoms with E-state index in [0.29, 0.717) is 19.3 Å². The second kappa shape index (κ2) is 71.8. The minimum absolute atomic E-state index is 0.0841. The highest BCUT2D eigenvalue weighted by Crippen LogP contribution is 2.45. The Labute approximate surface area is 589 Å². The number of phosphoric ester groups is 2. The van der Waals surface area contributed by atoms with Crippen molar-refractivity contribution in [3.8, 4) is 0 Å². The van der Waals surface area contributed by atoms with Crippen LogP contribution in [0.2, 0.25) is 0 Å². The van der Waals surface area contributed by atoms with E-state index >= 15 is 0 Å². The molecule has 0 bridgehead atoms. The Hall–Kier alpha value is -4.05. The lowest BCUT2D eigenvalue weighted by molar-refractivity contribution is -0.161. The Bertz CT molecular complexity index is 2250. The van der Waals surface area contributed by atoms with E-state index in [9.17, 15) is 43.5 Å². The number of carbonyl (C=O) groups excluding carboxylic acids is 3. The van der Waals surface area contributed by atoms with Gasteiger partial charge in [-0.25, -0.2) is 9.13 Å². The third-order valence-electron chi connectivity index (χ3n) is 15.6. The second-order valence-corrected chi connectivity index (χ2v) is 28.0. The molecule has 0 aliphatic rings. The molecule has 0 radical (unpaired) electrons. The van der Waals surface area contributed by atoms with E-state index in [1.54, 1.807) is 0 Å². The van der Waals surface area contributed by atoms with Crippen molar-refractivity contribution in [3.63, 3.8) is 0 Å². The highest BCUT2D eigenvalue weighted by molar-refractivity contribution is 7.47. The molecular formula is C79H136O16P2. The van der Waals surface area contributed by atoms with Crippen LogP contribution < -0.4 is 0 Å². The predicted molar refractivity (Wildman–Crippen MR) is 399 cm³/mol. The normalized spacial score (nSPS) is 14.8. The molecular weight excluding hydrogens is 1270 g/mol.